The second-order valence-corrected chi connectivity index (χ2v) is 5.34. The third kappa shape index (κ3) is 3.60. The minimum Gasteiger partial charge on any atom is -0.462 e. The van der Waals surface area contributed by atoms with Gasteiger partial charge in [-0.05, 0) is 38.5 Å². The molecule has 1 aromatic heterocycles. The summed E-state index contributed by atoms with van der Waals surface area (Å²) in [4.78, 5) is 12.2. The van der Waals surface area contributed by atoms with Crippen molar-refractivity contribution < 1.29 is 22.7 Å². The Morgan fingerprint density at radius 2 is 2.00 bits per heavy atom. The Morgan fingerprint density at radius 1 is 1.29 bits per heavy atom. The zero-order valence-electron chi connectivity index (χ0n) is 13.8. The van der Waals surface area contributed by atoms with Crippen molar-refractivity contribution in [1.82, 2.24) is 9.78 Å². The van der Waals surface area contributed by atoms with Crippen LogP contribution in [0.3, 0.4) is 0 Å². The van der Waals surface area contributed by atoms with Crippen LogP contribution in [0.1, 0.15) is 47.6 Å². The fraction of sp³-hybridized carbons (Fsp3) is 0.412. The monoisotopic (exact) mass is 340 g/mol. The van der Waals surface area contributed by atoms with Crippen LogP contribution >= 0.6 is 0 Å². The highest BCUT2D eigenvalue weighted by atomic mass is 19.4. The number of ether oxygens (including phenoxy) is 1. The van der Waals surface area contributed by atoms with Crippen molar-refractivity contribution in [1.29, 1.82) is 0 Å². The SMILES string of the molecule is CCCc1c(C(=O)OCC)c(C)nn1-c1cccc(C(F)(F)F)c1. The topological polar surface area (TPSA) is 44.1 Å². The van der Waals surface area contributed by atoms with E-state index >= 15 is 0 Å². The molecule has 0 aliphatic carbocycles. The standard InChI is InChI=1S/C17H19F3N2O2/c1-4-7-14-15(16(23)24-5-2)11(3)21-22(14)13-9-6-8-12(10-13)17(18,19)20/h6,8-10H,4-5,7H2,1-3H3. The lowest BCUT2D eigenvalue weighted by Gasteiger charge is -2.11. The van der Waals surface area contributed by atoms with Gasteiger partial charge >= 0.3 is 12.1 Å². The normalized spacial score (nSPS) is 11.6. The molecular weight excluding hydrogens is 321 g/mol. The quantitative estimate of drug-likeness (QED) is 0.761. The van der Waals surface area contributed by atoms with Crippen molar-refractivity contribution in [3.05, 3.63) is 46.8 Å². The molecule has 0 N–H and O–H groups in total. The largest absolute Gasteiger partial charge is 0.462 e. The lowest BCUT2D eigenvalue weighted by Crippen LogP contribution is -2.11. The van der Waals surface area contributed by atoms with Gasteiger partial charge in [-0.2, -0.15) is 18.3 Å². The summed E-state index contributed by atoms with van der Waals surface area (Å²) in [7, 11) is 0. The van der Waals surface area contributed by atoms with E-state index in [1.54, 1.807) is 13.8 Å². The highest BCUT2D eigenvalue weighted by Gasteiger charge is 2.31. The van der Waals surface area contributed by atoms with Gasteiger partial charge in [0, 0.05) is 0 Å². The molecule has 1 aromatic carbocycles. The maximum atomic E-state index is 12.9. The van der Waals surface area contributed by atoms with E-state index in [0.29, 0.717) is 23.4 Å². The van der Waals surface area contributed by atoms with Gasteiger partial charge in [-0.25, -0.2) is 9.48 Å². The Bertz CT molecular complexity index is 736. The van der Waals surface area contributed by atoms with Crippen LogP contribution in [-0.4, -0.2) is 22.4 Å². The van der Waals surface area contributed by atoms with Gasteiger partial charge in [0.05, 0.1) is 29.2 Å². The number of aromatic nitrogens is 2. The minimum atomic E-state index is -4.44. The number of nitrogens with zero attached hydrogens (tertiary/aromatic N) is 2. The fourth-order valence-corrected chi connectivity index (χ4v) is 2.54. The highest BCUT2D eigenvalue weighted by molar-refractivity contribution is 5.92. The first-order valence-electron chi connectivity index (χ1n) is 7.72. The predicted molar refractivity (Wildman–Crippen MR) is 83.3 cm³/mol. The molecule has 0 aliphatic heterocycles. The Hall–Kier alpha value is -2.31. The van der Waals surface area contributed by atoms with Crippen LogP contribution in [0.2, 0.25) is 0 Å². The Morgan fingerprint density at radius 3 is 2.58 bits per heavy atom. The molecule has 0 radical (unpaired) electrons. The van der Waals surface area contributed by atoms with E-state index in [4.69, 9.17) is 4.74 Å². The zero-order chi connectivity index (χ0) is 17.9. The molecule has 7 heteroatoms. The van der Waals surface area contributed by atoms with Gasteiger partial charge in [0.15, 0.2) is 0 Å². The lowest BCUT2D eigenvalue weighted by molar-refractivity contribution is -0.137. The van der Waals surface area contributed by atoms with Gasteiger partial charge in [0.25, 0.3) is 0 Å². The van der Waals surface area contributed by atoms with E-state index in [0.717, 1.165) is 18.6 Å². The molecule has 0 fully saturated rings. The van der Waals surface area contributed by atoms with Crippen molar-refractivity contribution in [3.63, 3.8) is 0 Å². The van der Waals surface area contributed by atoms with Crippen molar-refractivity contribution >= 4 is 5.97 Å². The molecule has 130 valence electrons. The van der Waals surface area contributed by atoms with Gasteiger partial charge in [-0.15, -0.1) is 0 Å². The van der Waals surface area contributed by atoms with Crippen molar-refractivity contribution in [3.8, 4) is 5.69 Å². The molecule has 0 spiro atoms. The van der Waals surface area contributed by atoms with Crippen LogP contribution in [-0.2, 0) is 17.3 Å². The molecule has 2 aromatic rings. The maximum absolute atomic E-state index is 12.9. The summed E-state index contributed by atoms with van der Waals surface area (Å²) >= 11 is 0. The first-order chi connectivity index (χ1) is 11.3. The molecular formula is C17H19F3N2O2. The summed E-state index contributed by atoms with van der Waals surface area (Å²) in [6.45, 7) is 5.49. The van der Waals surface area contributed by atoms with Crippen LogP contribution in [0.25, 0.3) is 5.69 Å². The number of hydrogen-bond donors (Lipinski definition) is 0. The molecule has 0 saturated carbocycles. The van der Waals surface area contributed by atoms with Gasteiger partial charge in [-0.1, -0.05) is 19.4 Å². The highest BCUT2D eigenvalue weighted by Crippen LogP contribution is 2.31. The first kappa shape index (κ1) is 18.0. The minimum absolute atomic E-state index is 0.221. The fourth-order valence-electron chi connectivity index (χ4n) is 2.54. The molecule has 0 saturated heterocycles. The second-order valence-electron chi connectivity index (χ2n) is 5.34. The van der Waals surface area contributed by atoms with E-state index in [-0.39, 0.29) is 12.3 Å². The molecule has 1 heterocycles. The van der Waals surface area contributed by atoms with Crippen LogP contribution in [0.4, 0.5) is 13.2 Å². The van der Waals surface area contributed by atoms with E-state index in [1.165, 1.54) is 16.8 Å². The summed E-state index contributed by atoms with van der Waals surface area (Å²) in [6.07, 6.45) is -3.21. The average Bonchev–Trinajstić information content (AvgIpc) is 2.84. The van der Waals surface area contributed by atoms with Crippen LogP contribution in [0, 0.1) is 6.92 Å². The Labute approximate surface area is 138 Å². The summed E-state index contributed by atoms with van der Waals surface area (Å²) in [5, 5.41) is 4.27. The van der Waals surface area contributed by atoms with E-state index < -0.39 is 17.7 Å². The number of benzene rings is 1. The Kier molecular flexibility index (Phi) is 5.31. The smallest absolute Gasteiger partial charge is 0.416 e. The van der Waals surface area contributed by atoms with Crippen molar-refractivity contribution in [2.75, 3.05) is 6.61 Å². The van der Waals surface area contributed by atoms with Gasteiger partial charge in [0.2, 0.25) is 0 Å². The molecule has 0 bridgehead atoms. The second kappa shape index (κ2) is 7.07. The zero-order valence-corrected chi connectivity index (χ0v) is 13.8. The predicted octanol–water partition coefficient (Wildman–Crippen LogP) is 4.33. The summed E-state index contributed by atoms with van der Waals surface area (Å²) in [6, 6.07) is 4.90. The third-order valence-electron chi connectivity index (χ3n) is 3.54. The van der Waals surface area contributed by atoms with Crippen LogP contribution in [0.15, 0.2) is 24.3 Å². The Balaban J connectivity index is 2.59. The van der Waals surface area contributed by atoms with Crippen molar-refractivity contribution in [2.24, 2.45) is 0 Å². The molecule has 0 amide bonds. The summed E-state index contributed by atoms with van der Waals surface area (Å²) in [5.74, 6) is -0.503. The van der Waals surface area contributed by atoms with Gasteiger partial charge < -0.3 is 4.74 Å². The number of carbonyl (C=O) groups excluding carboxylic acids is 1. The number of rotatable bonds is 5. The van der Waals surface area contributed by atoms with Crippen LogP contribution < -0.4 is 0 Å². The molecule has 0 atom stereocenters. The number of halogens is 3. The van der Waals surface area contributed by atoms with Gasteiger partial charge in [0.1, 0.15) is 5.56 Å². The third-order valence-corrected chi connectivity index (χ3v) is 3.54. The number of carbonyl (C=O) groups is 1. The summed E-state index contributed by atoms with van der Waals surface area (Å²) < 4.78 is 45.3. The molecule has 24 heavy (non-hydrogen) atoms. The summed E-state index contributed by atoms with van der Waals surface area (Å²) in [5.41, 5.74) is 0.846. The van der Waals surface area contributed by atoms with Gasteiger partial charge in [-0.3, -0.25) is 0 Å². The molecule has 0 aliphatic rings. The molecule has 0 unspecified atom stereocenters. The molecule has 2 rings (SSSR count). The van der Waals surface area contributed by atoms with E-state index in [9.17, 15) is 18.0 Å². The van der Waals surface area contributed by atoms with Crippen molar-refractivity contribution in [2.45, 2.75) is 39.8 Å². The lowest BCUT2D eigenvalue weighted by atomic mass is 10.1. The number of aryl methyl sites for hydroxylation is 1. The number of hydrogen-bond acceptors (Lipinski definition) is 3. The van der Waals surface area contributed by atoms with Crippen LogP contribution in [0.5, 0.6) is 0 Å². The maximum Gasteiger partial charge on any atom is 0.416 e. The van der Waals surface area contributed by atoms with E-state index in [1.807, 2.05) is 6.92 Å². The average molecular weight is 340 g/mol. The first-order valence-corrected chi connectivity index (χ1v) is 7.72. The number of esters is 1. The van der Waals surface area contributed by atoms with E-state index in [2.05, 4.69) is 5.10 Å². The molecule has 4 nitrogen and oxygen atoms in total. The number of alkyl halides is 3.